The van der Waals surface area contributed by atoms with Crippen molar-refractivity contribution < 1.29 is 33.8 Å². The Morgan fingerprint density at radius 3 is 1.83 bits per heavy atom. The zero-order valence-corrected chi connectivity index (χ0v) is 42.5. The number of nitrogens with one attached hydrogen (secondary N) is 8. The summed E-state index contributed by atoms with van der Waals surface area (Å²) in [5.74, 6) is -0.699. The van der Waals surface area contributed by atoms with Crippen LogP contribution in [-0.4, -0.2) is 142 Å². The first-order valence-electron chi connectivity index (χ1n) is 25.1. The molecule has 0 bridgehead atoms. The lowest BCUT2D eigenvalue weighted by atomic mass is 9.95. The molecule has 3 aromatic rings. The van der Waals surface area contributed by atoms with Gasteiger partial charge in [0.15, 0.2) is 10.9 Å². The molecule has 3 amide bonds. The van der Waals surface area contributed by atoms with Crippen molar-refractivity contribution in [3.63, 3.8) is 0 Å². The maximum Gasteiger partial charge on any atom is 0.304 e. The third kappa shape index (κ3) is 22.7. The number of amides is 3. The van der Waals surface area contributed by atoms with Gasteiger partial charge in [-0.2, -0.15) is 0 Å². The molecular formula is C49H77N15O7S. The maximum atomic E-state index is 12.6. The van der Waals surface area contributed by atoms with Gasteiger partial charge in [-0.3, -0.25) is 24.0 Å². The van der Waals surface area contributed by atoms with Gasteiger partial charge in [0.2, 0.25) is 23.5 Å². The van der Waals surface area contributed by atoms with Gasteiger partial charge in [-0.05, 0) is 113 Å². The van der Waals surface area contributed by atoms with E-state index in [4.69, 9.17) is 34.2 Å². The second-order valence-electron chi connectivity index (χ2n) is 18.3. The number of unbranched alkanes of at least 4 members (excludes halogenated alkanes) is 3. The van der Waals surface area contributed by atoms with Gasteiger partial charge in [0.05, 0.1) is 30.6 Å². The van der Waals surface area contributed by atoms with Crippen LogP contribution in [0.15, 0.2) is 48.5 Å². The highest BCUT2D eigenvalue weighted by molar-refractivity contribution is 7.80. The first kappa shape index (κ1) is 58.7. The van der Waals surface area contributed by atoms with E-state index >= 15 is 0 Å². The van der Waals surface area contributed by atoms with Crippen molar-refractivity contribution in [2.45, 2.75) is 146 Å². The number of thiocarbonyl (C=S) groups is 1. The van der Waals surface area contributed by atoms with Gasteiger partial charge in [0.1, 0.15) is 6.61 Å². The molecule has 7 atom stereocenters. The summed E-state index contributed by atoms with van der Waals surface area (Å²) in [6, 6.07) is 12.6. The van der Waals surface area contributed by atoms with Crippen molar-refractivity contribution in [1.29, 1.82) is 0 Å². The Bertz CT molecular complexity index is 2110. The molecule has 23 heteroatoms. The van der Waals surface area contributed by atoms with Crippen LogP contribution < -0.4 is 59.7 Å². The van der Waals surface area contributed by atoms with Crippen LogP contribution in [0.2, 0.25) is 0 Å². The molecule has 1 aromatic heterocycles. The molecule has 396 valence electrons. The minimum atomic E-state index is -0.892. The molecule has 0 aliphatic carbocycles. The highest BCUT2D eigenvalue weighted by Crippen LogP contribution is 2.17. The van der Waals surface area contributed by atoms with Gasteiger partial charge in [0.25, 0.3) is 6.47 Å². The van der Waals surface area contributed by atoms with Gasteiger partial charge < -0.3 is 69.6 Å². The number of benzene rings is 2. The second kappa shape index (κ2) is 33.0. The summed E-state index contributed by atoms with van der Waals surface area (Å²) < 4.78 is 5.11. The van der Waals surface area contributed by atoms with E-state index in [-0.39, 0.29) is 54.9 Å². The van der Waals surface area contributed by atoms with E-state index in [1.54, 1.807) is 6.92 Å². The third-order valence-electron chi connectivity index (χ3n) is 12.3. The van der Waals surface area contributed by atoms with Crippen LogP contribution in [-0.2, 0) is 41.7 Å². The minimum absolute atomic E-state index is 0.0611. The van der Waals surface area contributed by atoms with E-state index < -0.39 is 24.1 Å². The fourth-order valence-corrected chi connectivity index (χ4v) is 8.32. The fraction of sp³-hybridized carbons (Fsp3) is 0.592. The summed E-state index contributed by atoms with van der Waals surface area (Å²) in [5, 5.41) is 51.6. The Labute approximate surface area is 428 Å². The van der Waals surface area contributed by atoms with Gasteiger partial charge in [0, 0.05) is 68.6 Å². The number of nitrogens with two attached hydrogens (primary N) is 3. The molecule has 1 aliphatic heterocycles. The van der Waals surface area contributed by atoms with Crippen molar-refractivity contribution >= 4 is 53.2 Å². The quantitative estimate of drug-likeness (QED) is 0.0241. The number of aromatic nitrogens is 4. The Balaban J connectivity index is 1.01. The monoisotopic (exact) mass is 1020 g/mol. The minimum Gasteiger partial charge on any atom is -0.481 e. The lowest BCUT2D eigenvalue weighted by Crippen LogP contribution is -2.54. The Morgan fingerprint density at radius 1 is 0.736 bits per heavy atom. The predicted molar refractivity (Wildman–Crippen MR) is 279 cm³/mol. The number of aliphatic carboxylic acids is 1. The van der Waals surface area contributed by atoms with Crippen molar-refractivity contribution in [1.82, 2.24) is 57.6 Å². The molecule has 0 saturated carbocycles. The first-order chi connectivity index (χ1) is 34.7. The largest absolute Gasteiger partial charge is 0.481 e. The molecule has 72 heavy (non-hydrogen) atoms. The Morgan fingerprint density at radius 2 is 1.28 bits per heavy atom. The molecule has 7 unspecified atom stereocenters. The van der Waals surface area contributed by atoms with E-state index in [0.717, 1.165) is 48.1 Å². The summed E-state index contributed by atoms with van der Waals surface area (Å²) in [6.45, 7) is 7.39. The number of aryl methyl sites for hydroxylation is 1. The first-order valence-corrected chi connectivity index (χ1v) is 25.5. The van der Waals surface area contributed by atoms with Crippen molar-refractivity contribution in [3.05, 3.63) is 65.5 Å². The zero-order chi connectivity index (χ0) is 52.1. The lowest BCUT2D eigenvalue weighted by molar-refractivity contribution is -0.138. The van der Waals surface area contributed by atoms with Crippen LogP contribution in [0.5, 0.6) is 0 Å². The normalized spacial score (nSPS) is 18.2. The number of hydrogen-bond acceptors (Lipinski definition) is 17. The SMILES string of the molecule is CCCC1CNC(CC(=O)O)C(Cc2ccc(NC(=S)NCCCCC(N)C(=O)NCCCCC(N)C(=O)NCCCCC(N)C(=O)NCc3ccc(-c4nnc(C)nn4)cc3)cc2)NC(COC=O)CN1. The van der Waals surface area contributed by atoms with E-state index in [0.29, 0.717) is 114 Å². The second-order valence-corrected chi connectivity index (χ2v) is 18.7. The van der Waals surface area contributed by atoms with Gasteiger partial charge in [-0.25, -0.2) is 0 Å². The van der Waals surface area contributed by atoms with Gasteiger partial charge in [-0.1, -0.05) is 49.7 Å². The number of ether oxygens (including phenoxy) is 1. The van der Waals surface area contributed by atoms with Crippen LogP contribution in [0.25, 0.3) is 11.4 Å². The number of hydrogen-bond donors (Lipinski definition) is 12. The maximum absolute atomic E-state index is 12.6. The molecule has 15 N–H and O–H groups in total. The smallest absolute Gasteiger partial charge is 0.304 e. The Hall–Kier alpha value is -5.82. The average Bonchev–Trinajstić information content (AvgIpc) is 3.44. The van der Waals surface area contributed by atoms with Crippen LogP contribution in [0.1, 0.15) is 101 Å². The van der Waals surface area contributed by atoms with Crippen molar-refractivity contribution in [3.8, 4) is 11.4 Å². The Kier molecular flexibility index (Phi) is 26.9. The summed E-state index contributed by atoms with van der Waals surface area (Å²) >= 11 is 5.51. The summed E-state index contributed by atoms with van der Waals surface area (Å²) in [4.78, 5) is 60.5. The summed E-state index contributed by atoms with van der Waals surface area (Å²) in [5.41, 5.74) is 21.8. The molecule has 0 spiro atoms. The molecule has 2 aromatic carbocycles. The highest BCUT2D eigenvalue weighted by atomic mass is 32.1. The van der Waals surface area contributed by atoms with E-state index in [1.165, 1.54) is 0 Å². The predicted octanol–water partition coefficient (Wildman–Crippen LogP) is 0.817. The van der Waals surface area contributed by atoms with Crippen molar-refractivity contribution in [2.75, 3.05) is 44.6 Å². The fourth-order valence-electron chi connectivity index (χ4n) is 8.10. The molecule has 4 rings (SSSR count). The number of rotatable bonds is 31. The van der Waals surface area contributed by atoms with E-state index in [1.807, 2.05) is 48.5 Å². The molecule has 0 radical (unpaired) electrons. The van der Waals surface area contributed by atoms with Crippen LogP contribution in [0.3, 0.4) is 0 Å². The topological polar surface area (TPSA) is 341 Å². The van der Waals surface area contributed by atoms with Crippen LogP contribution >= 0.6 is 12.2 Å². The lowest BCUT2D eigenvalue weighted by Gasteiger charge is -2.30. The van der Waals surface area contributed by atoms with Crippen LogP contribution in [0, 0.1) is 6.92 Å². The van der Waals surface area contributed by atoms with E-state index in [9.17, 15) is 29.1 Å². The number of carboxylic acid groups (broad SMARTS) is 1. The molecule has 1 fully saturated rings. The zero-order valence-electron chi connectivity index (χ0n) is 41.7. The number of nitrogens with zero attached hydrogens (tertiary/aromatic N) is 4. The highest BCUT2D eigenvalue weighted by Gasteiger charge is 2.29. The molecule has 1 saturated heterocycles. The summed E-state index contributed by atoms with van der Waals surface area (Å²) in [6.07, 6.45) is 7.93. The number of carbonyl (C=O) groups excluding carboxylic acids is 4. The third-order valence-corrected chi connectivity index (χ3v) is 12.5. The molecule has 22 nitrogen and oxygen atoms in total. The molecule has 2 heterocycles. The van der Waals surface area contributed by atoms with Gasteiger partial charge >= 0.3 is 5.97 Å². The average molecular weight is 1020 g/mol. The summed E-state index contributed by atoms with van der Waals surface area (Å²) in [7, 11) is 0. The number of anilines is 1. The number of carboxylic acids is 1. The molecular weight excluding hydrogens is 943 g/mol. The van der Waals surface area contributed by atoms with Gasteiger partial charge in [-0.15, -0.1) is 20.4 Å². The van der Waals surface area contributed by atoms with Crippen molar-refractivity contribution in [2.24, 2.45) is 17.2 Å². The number of carbonyl (C=O) groups is 5. The molecule has 1 aliphatic rings. The standard InChI is InChI=1S/C49H77N15O7S/c1-3-10-37-28-57-42(26-44(66)67)43(59-38(29-56-37)30-71-31-65)25-33-16-20-36(21-17-33)60-49(72)55-24-9-6-12-40(51)47(69)53-22-7-4-11-39(50)46(68)54-23-8-5-13-41(52)48(70)58-27-34-14-18-35(19-15-34)45-63-61-32(2)62-64-45/h14-21,31,37-43,56-57,59H,3-13,22-30,50-52H2,1-2H3,(H,53,69)(H,54,68)(H,58,70)(H,66,67)(H2,55,60,72). The van der Waals surface area contributed by atoms with E-state index in [2.05, 4.69) is 69.9 Å². The van der Waals surface area contributed by atoms with Crippen LogP contribution in [0.4, 0.5) is 5.69 Å².